The van der Waals surface area contributed by atoms with Gasteiger partial charge in [-0.05, 0) is 42.7 Å². The summed E-state index contributed by atoms with van der Waals surface area (Å²) in [6.07, 6.45) is 1.11. The molecule has 2 aromatic carbocycles. The normalized spacial score (nSPS) is 9.92. The van der Waals surface area contributed by atoms with E-state index < -0.39 is 0 Å². The first-order valence-corrected chi connectivity index (χ1v) is 7.83. The summed E-state index contributed by atoms with van der Waals surface area (Å²) in [6.45, 7) is 3.08. The van der Waals surface area contributed by atoms with Gasteiger partial charge in [0.1, 0.15) is 12.4 Å². The maximum absolute atomic E-state index is 12.2. The summed E-state index contributed by atoms with van der Waals surface area (Å²) in [6, 6.07) is 15.6. The molecule has 24 heavy (non-hydrogen) atoms. The van der Waals surface area contributed by atoms with Crippen LogP contribution in [0.25, 0.3) is 0 Å². The average molecular weight is 349 g/mol. The summed E-state index contributed by atoms with van der Waals surface area (Å²) in [7, 11) is 1.80. The fourth-order valence-electron chi connectivity index (χ4n) is 2.32. The second-order valence-electron chi connectivity index (χ2n) is 5.68. The topological polar surface area (TPSA) is 55.6 Å². The predicted octanol–water partition coefficient (Wildman–Crippen LogP) is 3.47. The third-order valence-corrected chi connectivity index (χ3v) is 3.77. The monoisotopic (exact) mass is 348 g/mol. The largest absolute Gasteiger partial charge is 0.492 e. The van der Waals surface area contributed by atoms with Gasteiger partial charge in [-0.1, -0.05) is 30.3 Å². The Morgan fingerprint density at radius 3 is 2.62 bits per heavy atom. The van der Waals surface area contributed by atoms with Crippen LogP contribution in [0.2, 0.25) is 0 Å². The van der Waals surface area contributed by atoms with Crippen molar-refractivity contribution in [1.82, 2.24) is 4.90 Å². The van der Waals surface area contributed by atoms with Crippen molar-refractivity contribution in [3.63, 3.8) is 0 Å². The van der Waals surface area contributed by atoms with Gasteiger partial charge in [0.05, 0.1) is 6.54 Å². The molecule has 0 saturated heterocycles. The second kappa shape index (κ2) is 9.83. The molecule has 5 heteroatoms. The maximum atomic E-state index is 12.2. The van der Waals surface area contributed by atoms with E-state index >= 15 is 0 Å². The molecule has 0 aliphatic carbocycles. The Morgan fingerprint density at radius 1 is 1.17 bits per heavy atom. The molecule has 0 atom stereocenters. The molecule has 4 nitrogen and oxygen atoms in total. The number of nitrogens with zero attached hydrogens (tertiary/aromatic N) is 1. The molecule has 0 radical (unpaired) electrons. The van der Waals surface area contributed by atoms with Gasteiger partial charge in [0.25, 0.3) is 0 Å². The lowest BCUT2D eigenvalue weighted by molar-refractivity contribution is -0.130. The SMILES string of the molecule is Cc1cccc(OCCN(C)C(=O)CCc2ccccc2N)c1.Cl. The highest BCUT2D eigenvalue weighted by molar-refractivity contribution is 5.85. The van der Waals surface area contributed by atoms with Gasteiger partial charge in [0.2, 0.25) is 5.91 Å². The molecule has 2 N–H and O–H groups in total. The number of nitrogens with two attached hydrogens (primary N) is 1. The minimum absolute atomic E-state index is 0. The van der Waals surface area contributed by atoms with Crippen LogP contribution in [0.1, 0.15) is 17.5 Å². The number of rotatable bonds is 7. The number of likely N-dealkylation sites (N-methyl/N-ethyl adjacent to an activating group) is 1. The zero-order chi connectivity index (χ0) is 16.7. The van der Waals surface area contributed by atoms with E-state index in [1.165, 1.54) is 0 Å². The summed E-state index contributed by atoms with van der Waals surface area (Å²) in [5.74, 6) is 0.934. The van der Waals surface area contributed by atoms with Gasteiger partial charge in [0, 0.05) is 19.2 Å². The molecule has 0 heterocycles. The van der Waals surface area contributed by atoms with E-state index in [0.717, 1.165) is 22.6 Å². The Hall–Kier alpha value is -2.20. The molecule has 2 aromatic rings. The molecule has 0 spiro atoms. The highest BCUT2D eigenvalue weighted by Gasteiger charge is 2.10. The van der Waals surface area contributed by atoms with Crippen molar-refractivity contribution in [3.8, 4) is 5.75 Å². The Balaban J connectivity index is 0.00000288. The van der Waals surface area contributed by atoms with E-state index in [-0.39, 0.29) is 18.3 Å². The molecule has 130 valence electrons. The summed E-state index contributed by atoms with van der Waals surface area (Å²) >= 11 is 0. The van der Waals surface area contributed by atoms with Gasteiger partial charge >= 0.3 is 0 Å². The molecule has 0 unspecified atom stereocenters. The highest BCUT2D eigenvalue weighted by Crippen LogP contribution is 2.14. The molecule has 0 aliphatic rings. The number of anilines is 1. The van der Waals surface area contributed by atoms with Crippen LogP contribution < -0.4 is 10.5 Å². The molecule has 1 amide bonds. The van der Waals surface area contributed by atoms with Crippen molar-refractivity contribution >= 4 is 24.0 Å². The Bertz CT molecular complexity index is 661. The van der Waals surface area contributed by atoms with Gasteiger partial charge < -0.3 is 15.4 Å². The minimum Gasteiger partial charge on any atom is -0.492 e. The Morgan fingerprint density at radius 2 is 1.92 bits per heavy atom. The van der Waals surface area contributed by atoms with Crippen LogP contribution in [0.15, 0.2) is 48.5 Å². The Labute approximate surface area is 150 Å². The zero-order valence-corrected chi connectivity index (χ0v) is 15.0. The van der Waals surface area contributed by atoms with Crippen LogP contribution in [0.4, 0.5) is 5.69 Å². The van der Waals surface area contributed by atoms with Gasteiger partial charge in [0.15, 0.2) is 0 Å². The number of hydrogen-bond donors (Lipinski definition) is 1. The fourth-order valence-corrected chi connectivity index (χ4v) is 2.32. The van der Waals surface area contributed by atoms with Crippen LogP contribution in [-0.2, 0) is 11.2 Å². The average Bonchev–Trinajstić information content (AvgIpc) is 2.54. The number of amides is 1. The van der Waals surface area contributed by atoms with E-state index in [2.05, 4.69) is 0 Å². The fraction of sp³-hybridized carbons (Fsp3) is 0.316. The zero-order valence-electron chi connectivity index (χ0n) is 14.2. The lowest BCUT2D eigenvalue weighted by Crippen LogP contribution is -2.31. The van der Waals surface area contributed by atoms with Gasteiger partial charge in [-0.15, -0.1) is 12.4 Å². The number of carbonyl (C=O) groups is 1. The first kappa shape index (κ1) is 19.8. The number of ether oxygens (including phenoxy) is 1. The molecule has 0 saturated carbocycles. The van der Waals surface area contributed by atoms with Crippen molar-refractivity contribution in [2.24, 2.45) is 0 Å². The molecule has 0 fully saturated rings. The van der Waals surface area contributed by atoms with Crippen molar-refractivity contribution in [3.05, 3.63) is 59.7 Å². The smallest absolute Gasteiger partial charge is 0.222 e. The Kier molecular flexibility index (Phi) is 8.13. The van der Waals surface area contributed by atoms with Crippen molar-refractivity contribution < 1.29 is 9.53 Å². The van der Waals surface area contributed by atoms with E-state index in [9.17, 15) is 4.79 Å². The molecular weight excluding hydrogens is 324 g/mol. The van der Waals surface area contributed by atoms with Crippen LogP contribution in [0.3, 0.4) is 0 Å². The number of para-hydroxylation sites is 1. The first-order valence-electron chi connectivity index (χ1n) is 7.83. The van der Waals surface area contributed by atoms with Gasteiger partial charge in [-0.2, -0.15) is 0 Å². The number of halogens is 1. The quantitative estimate of drug-likeness (QED) is 0.779. The van der Waals surface area contributed by atoms with Crippen LogP contribution in [-0.4, -0.2) is 31.0 Å². The van der Waals surface area contributed by atoms with Crippen molar-refractivity contribution in [2.75, 3.05) is 25.9 Å². The number of hydrogen-bond acceptors (Lipinski definition) is 3. The van der Waals surface area contributed by atoms with Crippen molar-refractivity contribution in [2.45, 2.75) is 19.8 Å². The van der Waals surface area contributed by atoms with Crippen LogP contribution in [0.5, 0.6) is 5.75 Å². The molecule has 0 aromatic heterocycles. The highest BCUT2D eigenvalue weighted by atomic mass is 35.5. The summed E-state index contributed by atoms with van der Waals surface area (Å²) < 4.78 is 5.68. The van der Waals surface area contributed by atoms with E-state index in [4.69, 9.17) is 10.5 Å². The van der Waals surface area contributed by atoms with E-state index in [1.54, 1.807) is 11.9 Å². The second-order valence-corrected chi connectivity index (χ2v) is 5.68. The summed E-state index contributed by atoms with van der Waals surface area (Å²) in [4.78, 5) is 13.9. The third-order valence-electron chi connectivity index (χ3n) is 3.77. The number of benzene rings is 2. The predicted molar refractivity (Wildman–Crippen MR) is 101 cm³/mol. The standard InChI is InChI=1S/C19H24N2O2.ClH/c1-15-6-5-8-17(14-15)23-13-12-21(2)19(22)11-10-16-7-3-4-9-18(16)20;/h3-9,14H,10-13,20H2,1-2H3;1H. The number of nitrogen functional groups attached to an aromatic ring is 1. The number of aryl methyl sites for hydroxylation is 2. The summed E-state index contributed by atoms with van der Waals surface area (Å²) in [5.41, 5.74) is 8.81. The first-order chi connectivity index (χ1) is 11.1. The lowest BCUT2D eigenvalue weighted by Gasteiger charge is -2.18. The lowest BCUT2D eigenvalue weighted by atomic mass is 10.1. The van der Waals surface area contributed by atoms with Crippen molar-refractivity contribution in [1.29, 1.82) is 0 Å². The van der Waals surface area contributed by atoms with Crippen LogP contribution in [0, 0.1) is 6.92 Å². The summed E-state index contributed by atoms with van der Waals surface area (Å²) in [5, 5.41) is 0. The molecule has 0 bridgehead atoms. The van der Waals surface area contributed by atoms with E-state index in [1.807, 2.05) is 55.5 Å². The van der Waals surface area contributed by atoms with E-state index in [0.29, 0.717) is 26.0 Å². The van der Waals surface area contributed by atoms with Crippen LogP contribution >= 0.6 is 12.4 Å². The maximum Gasteiger partial charge on any atom is 0.222 e. The van der Waals surface area contributed by atoms with Gasteiger partial charge in [-0.25, -0.2) is 0 Å². The third kappa shape index (κ3) is 6.13. The molecular formula is C19H25ClN2O2. The minimum atomic E-state index is 0. The van der Waals surface area contributed by atoms with Gasteiger partial charge in [-0.3, -0.25) is 4.79 Å². The molecule has 2 rings (SSSR count). The number of carbonyl (C=O) groups excluding carboxylic acids is 1. The molecule has 0 aliphatic heterocycles.